The second kappa shape index (κ2) is 14.5. The Bertz CT molecular complexity index is 1290. The molecular weight excluding hydrogens is 500 g/mol. The lowest BCUT2D eigenvalue weighted by molar-refractivity contribution is -0.194. The van der Waals surface area contributed by atoms with Gasteiger partial charge in [0.1, 0.15) is 12.2 Å². The van der Waals surface area contributed by atoms with Crippen LogP contribution in [0.15, 0.2) is 126 Å². The largest absolute Gasteiger partial charge is 0.411 e. The molecule has 4 atom stereocenters. The molecule has 1 fully saturated rings. The quantitative estimate of drug-likeness (QED) is 0.135. The van der Waals surface area contributed by atoms with Crippen LogP contribution in [0.25, 0.3) is 0 Å². The predicted octanol–water partition coefficient (Wildman–Crippen LogP) is 6.09. The molecule has 4 aromatic rings. The molecule has 1 N–H and O–H groups in total. The average molecular weight is 537 g/mol. The molecule has 4 unspecified atom stereocenters. The van der Waals surface area contributed by atoms with Crippen molar-refractivity contribution in [3.63, 3.8) is 0 Å². The van der Waals surface area contributed by atoms with Gasteiger partial charge in [0.2, 0.25) is 0 Å². The first kappa shape index (κ1) is 27.7. The van der Waals surface area contributed by atoms with Gasteiger partial charge in [-0.05, 0) is 22.3 Å². The highest BCUT2D eigenvalue weighted by Gasteiger charge is 2.45. The van der Waals surface area contributed by atoms with Crippen LogP contribution in [0.4, 0.5) is 0 Å². The topological polar surface area (TPSA) is 63.5 Å². The zero-order valence-corrected chi connectivity index (χ0v) is 22.5. The summed E-state index contributed by atoms with van der Waals surface area (Å²) >= 11 is 0. The van der Waals surface area contributed by atoms with Gasteiger partial charge in [-0.2, -0.15) is 0 Å². The van der Waals surface area contributed by atoms with Gasteiger partial charge in [-0.1, -0.05) is 121 Å². The van der Waals surface area contributed by atoms with E-state index in [1.807, 2.05) is 84.9 Å². The molecule has 1 heterocycles. The third-order valence-corrected chi connectivity index (χ3v) is 7.19. The maximum atomic E-state index is 9.73. The Hall–Kier alpha value is -3.81. The Kier molecular flexibility index (Phi) is 10.1. The van der Waals surface area contributed by atoms with E-state index in [1.165, 1.54) is 0 Å². The summed E-state index contributed by atoms with van der Waals surface area (Å²) < 4.78 is 19.9. The first-order chi connectivity index (χ1) is 19.8. The van der Waals surface area contributed by atoms with Gasteiger partial charge in [0, 0.05) is 13.1 Å². The standard InChI is InChI=1S/C34H36N2O4/c37-35-21-31-33(39-25-29-17-9-3-10-18-29)34(40-26-30-19-11-4-12-20-30)32(38-24-28-15-7-2-8-16-28)23-36(31)22-27-13-5-1-6-14-27/h1-21,31-34,37H,22-26H2/b35-21+. The summed E-state index contributed by atoms with van der Waals surface area (Å²) in [6.07, 6.45) is 0.433. The Morgan fingerprint density at radius 1 is 0.600 bits per heavy atom. The van der Waals surface area contributed by atoms with Crippen molar-refractivity contribution in [2.75, 3.05) is 6.54 Å². The summed E-state index contributed by atoms with van der Waals surface area (Å²) in [6.45, 7) is 2.52. The van der Waals surface area contributed by atoms with Crippen molar-refractivity contribution >= 4 is 6.21 Å². The van der Waals surface area contributed by atoms with Gasteiger partial charge < -0.3 is 19.4 Å². The highest BCUT2D eigenvalue weighted by Crippen LogP contribution is 2.29. The van der Waals surface area contributed by atoms with Crippen LogP contribution >= 0.6 is 0 Å². The minimum atomic E-state index is -0.446. The van der Waals surface area contributed by atoms with Gasteiger partial charge in [-0.25, -0.2) is 0 Å². The number of hydrogen-bond acceptors (Lipinski definition) is 6. The molecule has 206 valence electrons. The number of oxime groups is 1. The molecule has 4 aromatic carbocycles. The molecule has 1 saturated heterocycles. The fourth-order valence-corrected chi connectivity index (χ4v) is 5.16. The fourth-order valence-electron chi connectivity index (χ4n) is 5.16. The van der Waals surface area contributed by atoms with Crippen LogP contribution in [-0.2, 0) is 40.6 Å². The summed E-state index contributed by atoms with van der Waals surface area (Å²) in [5.74, 6) is 0. The normalized spacial score (nSPS) is 21.5. The van der Waals surface area contributed by atoms with Crippen molar-refractivity contribution in [2.24, 2.45) is 5.16 Å². The molecule has 5 rings (SSSR count). The predicted molar refractivity (Wildman–Crippen MR) is 156 cm³/mol. The lowest BCUT2D eigenvalue weighted by atomic mass is 9.92. The molecule has 40 heavy (non-hydrogen) atoms. The first-order valence-electron chi connectivity index (χ1n) is 13.7. The second-order valence-electron chi connectivity index (χ2n) is 10.0. The first-order valence-corrected chi connectivity index (χ1v) is 13.7. The van der Waals surface area contributed by atoms with Gasteiger partial charge in [0.15, 0.2) is 0 Å². The average Bonchev–Trinajstić information content (AvgIpc) is 3.01. The summed E-state index contributed by atoms with van der Waals surface area (Å²) in [6, 6.07) is 40.3. The number of hydrogen-bond donors (Lipinski definition) is 1. The third kappa shape index (κ3) is 7.64. The molecule has 0 aromatic heterocycles. The van der Waals surface area contributed by atoms with Crippen LogP contribution in [0.2, 0.25) is 0 Å². The molecule has 0 saturated carbocycles. The molecule has 0 radical (unpaired) electrons. The van der Waals surface area contributed by atoms with E-state index in [0.717, 1.165) is 22.3 Å². The Labute approximate surface area is 236 Å². The van der Waals surface area contributed by atoms with E-state index < -0.39 is 12.2 Å². The lowest BCUT2D eigenvalue weighted by Crippen LogP contribution is -2.63. The van der Waals surface area contributed by atoms with Gasteiger partial charge in [-0.15, -0.1) is 5.16 Å². The van der Waals surface area contributed by atoms with Crippen LogP contribution in [-0.4, -0.2) is 47.2 Å². The van der Waals surface area contributed by atoms with E-state index >= 15 is 0 Å². The smallest absolute Gasteiger partial charge is 0.113 e. The molecule has 0 bridgehead atoms. The zero-order valence-electron chi connectivity index (χ0n) is 22.5. The number of rotatable bonds is 12. The number of ether oxygens (including phenoxy) is 3. The molecule has 6 heteroatoms. The zero-order chi connectivity index (χ0) is 27.4. The lowest BCUT2D eigenvalue weighted by Gasteiger charge is -2.47. The third-order valence-electron chi connectivity index (χ3n) is 7.19. The summed E-state index contributed by atoms with van der Waals surface area (Å²) in [5, 5.41) is 13.2. The number of likely N-dealkylation sites (tertiary alicyclic amines) is 1. The van der Waals surface area contributed by atoms with E-state index in [4.69, 9.17) is 14.2 Å². The molecule has 0 spiro atoms. The van der Waals surface area contributed by atoms with Crippen LogP contribution in [0.5, 0.6) is 0 Å². The van der Waals surface area contributed by atoms with Gasteiger partial charge in [0.05, 0.1) is 38.2 Å². The molecule has 6 nitrogen and oxygen atoms in total. The van der Waals surface area contributed by atoms with E-state index in [-0.39, 0.29) is 12.1 Å². The number of benzene rings is 4. The maximum absolute atomic E-state index is 9.73. The van der Waals surface area contributed by atoms with Crippen molar-refractivity contribution in [1.29, 1.82) is 0 Å². The van der Waals surface area contributed by atoms with Crippen LogP contribution < -0.4 is 0 Å². The van der Waals surface area contributed by atoms with E-state index in [9.17, 15) is 5.21 Å². The monoisotopic (exact) mass is 536 g/mol. The highest BCUT2D eigenvalue weighted by atomic mass is 16.6. The molecule has 0 aliphatic carbocycles. The summed E-state index contributed by atoms with van der Waals surface area (Å²) in [4.78, 5) is 2.25. The molecular formula is C34H36N2O4. The molecule has 1 aliphatic rings. The van der Waals surface area contributed by atoms with Crippen LogP contribution in [0.1, 0.15) is 22.3 Å². The Morgan fingerprint density at radius 3 is 1.50 bits per heavy atom. The summed E-state index contributed by atoms with van der Waals surface area (Å²) in [5.41, 5.74) is 4.39. The number of piperidine rings is 1. The summed E-state index contributed by atoms with van der Waals surface area (Å²) in [7, 11) is 0. The van der Waals surface area contributed by atoms with Gasteiger partial charge >= 0.3 is 0 Å². The van der Waals surface area contributed by atoms with E-state index in [0.29, 0.717) is 32.9 Å². The van der Waals surface area contributed by atoms with Crippen molar-refractivity contribution in [2.45, 2.75) is 50.7 Å². The van der Waals surface area contributed by atoms with E-state index in [2.05, 4.69) is 46.5 Å². The SMILES string of the molecule is O/N=C/C1C(OCc2ccccc2)C(OCc2ccccc2)C(OCc2ccccc2)CN1Cc1ccccc1. The number of nitrogens with zero attached hydrogens (tertiary/aromatic N) is 2. The Balaban J connectivity index is 1.45. The van der Waals surface area contributed by atoms with Crippen LogP contribution in [0, 0.1) is 0 Å². The maximum Gasteiger partial charge on any atom is 0.113 e. The highest BCUT2D eigenvalue weighted by molar-refractivity contribution is 5.65. The second-order valence-corrected chi connectivity index (χ2v) is 10.0. The molecule has 0 amide bonds. The Morgan fingerprint density at radius 2 is 1.02 bits per heavy atom. The minimum Gasteiger partial charge on any atom is -0.411 e. The fraction of sp³-hybridized carbons (Fsp3) is 0.265. The van der Waals surface area contributed by atoms with Crippen molar-refractivity contribution in [3.05, 3.63) is 144 Å². The van der Waals surface area contributed by atoms with Gasteiger partial charge in [0.25, 0.3) is 0 Å². The van der Waals surface area contributed by atoms with Crippen LogP contribution in [0.3, 0.4) is 0 Å². The van der Waals surface area contributed by atoms with Crippen molar-refractivity contribution in [3.8, 4) is 0 Å². The van der Waals surface area contributed by atoms with Gasteiger partial charge in [-0.3, -0.25) is 4.90 Å². The van der Waals surface area contributed by atoms with Crippen molar-refractivity contribution < 1.29 is 19.4 Å². The minimum absolute atomic E-state index is 0.281. The van der Waals surface area contributed by atoms with E-state index in [1.54, 1.807) is 6.21 Å². The molecule has 1 aliphatic heterocycles. The van der Waals surface area contributed by atoms with Crippen molar-refractivity contribution in [1.82, 2.24) is 4.90 Å².